The number of aryl methyl sites for hydroxylation is 2. The van der Waals surface area contributed by atoms with Crippen molar-refractivity contribution in [2.45, 2.75) is 26.7 Å². The van der Waals surface area contributed by atoms with Crippen molar-refractivity contribution in [1.29, 1.82) is 0 Å². The molecule has 0 unspecified atom stereocenters. The van der Waals surface area contributed by atoms with Gasteiger partial charge in [-0.3, -0.25) is 19.8 Å². The van der Waals surface area contributed by atoms with Crippen LogP contribution < -0.4 is 20.6 Å². The van der Waals surface area contributed by atoms with Gasteiger partial charge in [0.2, 0.25) is 0 Å². The Morgan fingerprint density at radius 3 is 1.78 bits per heavy atom. The van der Waals surface area contributed by atoms with Gasteiger partial charge in [-0.15, -0.1) is 0 Å². The molecule has 3 aromatic carbocycles. The minimum atomic E-state index is -1.17. The average molecular weight is 736 g/mol. The Morgan fingerprint density at radius 1 is 0.816 bits per heavy atom. The molecule has 0 radical (unpaired) electrons. The maximum absolute atomic E-state index is 14.3. The maximum atomic E-state index is 14.3. The zero-order valence-corrected chi connectivity index (χ0v) is 28.3. The average Bonchev–Trinajstić information content (AvgIpc) is 3.54. The van der Waals surface area contributed by atoms with Gasteiger partial charge in [-0.1, -0.05) is 12.1 Å². The first kappa shape index (κ1) is 34.5. The number of benzene rings is 3. The molecule has 2 aromatic heterocycles. The van der Waals surface area contributed by atoms with Crippen LogP contribution in [-0.4, -0.2) is 68.0 Å². The molecule has 49 heavy (non-hydrogen) atoms. The molecule has 0 bridgehead atoms. The van der Waals surface area contributed by atoms with Crippen molar-refractivity contribution in [1.82, 2.24) is 19.6 Å². The third kappa shape index (κ3) is 6.78. The fourth-order valence-electron chi connectivity index (χ4n) is 5.54. The topological polar surface area (TPSA) is 195 Å². The van der Waals surface area contributed by atoms with E-state index < -0.39 is 41.6 Å². The Morgan fingerprint density at radius 2 is 1.33 bits per heavy atom. The van der Waals surface area contributed by atoms with Gasteiger partial charge in [-0.25, -0.2) is 23.7 Å². The van der Waals surface area contributed by atoms with Crippen molar-refractivity contribution in [3.8, 4) is 22.9 Å². The molecule has 2 heterocycles. The van der Waals surface area contributed by atoms with E-state index in [1.807, 2.05) is 0 Å². The monoisotopic (exact) mass is 734 g/mol. The van der Waals surface area contributed by atoms with Gasteiger partial charge in [-0.2, -0.15) is 0 Å². The molecule has 0 aliphatic heterocycles. The third-order valence-electron chi connectivity index (χ3n) is 7.74. The van der Waals surface area contributed by atoms with Crippen LogP contribution in [0.15, 0.2) is 74.7 Å². The van der Waals surface area contributed by atoms with E-state index in [1.165, 1.54) is 52.9 Å². The van der Waals surface area contributed by atoms with Gasteiger partial charge in [0.15, 0.2) is 18.1 Å². The molecule has 5 aromatic rings. The van der Waals surface area contributed by atoms with E-state index in [1.54, 1.807) is 45.0 Å². The van der Waals surface area contributed by atoms with Crippen molar-refractivity contribution in [2.24, 2.45) is 0 Å². The van der Waals surface area contributed by atoms with Crippen LogP contribution in [0.2, 0.25) is 0 Å². The standard InChI is InChI=1S/C34H31BrN4O10/c1-5-48-25-15-21(14-24(35)30(25)49-16-26(40)47-4)29(27-17(2)36-38(31(27)41)22-10-6-8-19(12-22)33(43)44)28-18(3)37-39(32(28)42)23-11-7-9-20(13-23)34(45)46/h6-15,29,36-37H,5,16H2,1-4H3,(H,43,44)(H,45,46). The van der Waals surface area contributed by atoms with Crippen molar-refractivity contribution >= 4 is 33.8 Å². The molecule has 5 rings (SSSR count). The molecule has 0 amide bonds. The van der Waals surface area contributed by atoms with Gasteiger partial charge in [0.1, 0.15) is 0 Å². The highest BCUT2D eigenvalue weighted by Crippen LogP contribution is 2.42. The van der Waals surface area contributed by atoms with Gasteiger partial charge < -0.3 is 24.4 Å². The Bertz CT molecular complexity index is 2100. The Labute approximate surface area is 286 Å². The lowest BCUT2D eigenvalue weighted by molar-refractivity contribution is -0.142. The quantitative estimate of drug-likeness (QED) is 0.132. The minimum absolute atomic E-state index is 0.0319. The number of aromatic nitrogens is 4. The SMILES string of the molecule is CCOc1cc(C(c2c(C)[nH]n(-c3cccc(C(=O)O)c3)c2=O)c2c(C)[nH]n(-c3cccc(C(=O)O)c3)c2=O)cc(Br)c1OCC(=O)OC. The van der Waals surface area contributed by atoms with E-state index in [0.717, 1.165) is 0 Å². The van der Waals surface area contributed by atoms with Crippen molar-refractivity contribution in [3.05, 3.63) is 125 Å². The Kier molecular flexibility index (Phi) is 9.94. The molecule has 0 saturated heterocycles. The van der Waals surface area contributed by atoms with Crippen LogP contribution in [-0.2, 0) is 9.53 Å². The van der Waals surface area contributed by atoms with E-state index in [0.29, 0.717) is 21.4 Å². The summed E-state index contributed by atoms with van der Waals surface area (Å²) >= 11 is 3.50. The second-order valence-electron chi connectivity index (χ2n) is 10.9. The number of carboxylic acids is 2. The summed E-state index contributed by atoms with van der Waals surface area (Å²) < 4.78 is 19.1. The number of carbonyl (C=O) groups is 3. The number of H-pyrrole nitrogens is 2. The molecule has 0 saturated carbocycles. The largest absolute Gasteiger partial charge is 0.490 e. The number of halogens is 1. The number of aromatic carboxylic acids is 2. The molecule has 0 aliphatic rings. The molecule has 0 atom stereocenters. The van der Waals surface area contributed by atoms with Crippen molar-refractivity contribution in [2.75, 3.05) is 20.3 Å². The van der Waals surface area contributed by atoms with Crippen LogP contribution in [0, 0.1) is 13.8 Å². The first-order valence-corrected chi connectivity index (χ1v) is 15.6. The number of nitrogens with zero attached hydrogens (tertiary/aromatic N) is 2. The third-order valence-corrected chi connectivity index (χ3v) is 8.33. The molecule has 14 nitrogen and oxygen atoms in total. The fourth-order valence-corrected chi connectivity index (χ4v) is 6.12. The number of carboxylic acid groups (broad SMARTS) is 2. The number of rotatable bonds is 12. The lowest BCUT2D eigenvalue weighted by Gasteiger charge is -2.20. The van der Waals surface area contributed by atoms with Crippen molar-refractivity contribution in [3.63, 3.8) is 0 Å². The number of hydrogen-bond donors (Lipinski definition) is 4. The molecular formula is C34H31BrN4O10. The number of esters is 1. The molecule has 0 spiro atoms. The van der Waals surface area contributed by atoms with Crippen molar-refractivity contribution < 1.29 is 38.8 Å². The molecular weight excluding hydrogens is 704 g/mol. The minimum Gasteiger partial charge on any atom is -0.490 e. The lowest BCUT2D eigenvalue weighted by atomic mass is 9.85. The number of methoxy groups -OCH3 is 1. The predicted molar refractivity (Wildman–Crippen MR) is 180 cm³/mol. The van der Waals surface area contributed by atoms with Crippen LogP contribution in [0.3, 0.4) is 0 Å². The molecule has 15 heteroatoms. The number of nitrogens with one attached hydrogen (secondary N) is 2. The summed E-state index contributed by atoms with van der Waals surface area (Å²) in [6.07, 6.45) is 0. The number of ether oxygens (including phenoxy) is 3. The number of carbonyl (C=O) groups excluding carboxylic acids is 1. The molecule has 0 aliphatic carbocycles. The summed E-state index contributed by atoms with van der Waals surface area (Å²) in [5.41, 5.74) is 0.888. The second kappa shape index (κ2) is 14.1. The number of aromatic amines is 2. The van der Waals surface area contributed by atoms with E-state index in [4.69, 9.17) is 14.2 Å². The van der Waals surface area contributed by atoms with Gasteiger partial charge in [-0.05, 0) is 90.8 Å². The van der Waals surface area contributed by atoms with Crippen LogP contribution in [0.1, 0.15) is 61.6 Å². The van der Waals surface area contributed by atoms with E-state index >= 15 is 0 Å². The first-order valence-electron chi connectivity index (χ1n) is 14.8. The molecule has 254 valence electrons. The van der Waals surface area contributed by atoms with E-state index in [9.17, 15) is 34.2 Å². The fraction of sp³-hybridized carbons (Fsp3) is 0.206. The van der Waals surface area contributed by atoms with Crippen LogP contribution in [0.4, 0.5) is 0 Å². The smallest absolute Gasteiger partial charge is 0.343 e. The zero-order valence-electron chi connectivity index (χ0n) is 26.7. The van der Waals surface area contributed by atoms with Crippen LogP contribution in [0.25, 0.3) is 11.4 Å². The zero-order chi connectivity index (χ0) is 35.6. The molecule has 4 N–H and O–H groups in total. The summed E-state index contributed by atoms with van der Waals surface area (Å²) in [4.78, 5) is 63.9. The first-order chi connectivity index (χ1) is 23.4. The second-order valence-corrected chi connectivity index (χ2v) is 11.7. The van der Waals surface area contributed by atoms with Crippen LogP contribution >= 0.6 is 15.9 Å². The summed E-state index contributed by atoms with van der Waals surface area (Å²) in [5.74, 6) is -3.61. The van der Waals surface area contributed by atoms with Gasteiger partial charge in [0, 0.05) is 17.3 Å². The lowest BCUT2D eigenvalue weighted by Crippen LogP contribution is -2.25. The highest BCUT2D eigenvalue weighted by Gasteiger charge is 2.32. The maximum Gasteiger partial charge on any atom is 0.343 e. The predicted octanol–water partition coefficient (Wildman–Crippen LogP) is 4.55. The van der Waals surface area contributed by atoms with Gasteiger partial charge >= 0.3 is 17.9 Å². The van der Waals surface area contributed by atoms with Gasteiger partial charge in [0.25, 0.3) is 11.1 Å². The van der Waals surface area contributed by atoms with Gasteiger partial charge in [0.05, 0.1) is 51.8 Å². The normalized spacial score (nSPS) is 11.1. The summed E-state index contributed by atoms with van der Waals surface area (Å²) in [6.45, 7) is 4.87. The molecule has 0 fully saturated rings. The van der Waals surface area contributed by atoms with Crippen LogP contribution in [0.5, 0.6) is 11.5 Å². The Hall–Kier alpha value is -5.83. The summed E-state index contributed by atoms with van der Waals surface area (Å²) in [6, 6.07) is 14.9. The summed E-state index contributed by atoms with van der Waals surface area (Å²) in [5, 5.41) is 25.2. The van der Waals surface area contributed by atoms with E-state index in [2.05, 4.69) is 26.1 Å². The Balaban J connectivity index is 1.78. The summed E-state index contributed by atoms with van der Waals surface area (Å²) in [7, 11) is 1.23. The highest BCUT2D eigenvalue weighted by molar-refractivity contribution is 9.10. The highest BCUT2D eigenvalue weighted by atomic mass is 79.9. The van der Waals surface area contributed by atoms with E-state index in [-0.39, 0.29) is 51.7 Å². The number of hydrogen-bond acceptors (Lipinski definition) is 8.